The highest BCUT2D eigenvalue weighted by Crippen LogP contribution is 2.20. The monoisotopic (exact) mass is 999 g/mol. The van der Waals surface area contributed by atoms with Gasteiger partial charge in [0, 0.05) is 11.6 Å². The molecule has 0 spiro atoms. The lowest BCUT2D eigenvalue weighted by molar-refractivity contribution is -0.133. The van der Waals surface area contributed by atoms with E-state index in [9.17, 15) is 9.59 Å². The van der Waals surface area contributed by atoms with Gasteiger partial charge in [-0.3, -0.25) is 0 Å². The second-order valence-corrected chi connectivity index (χ2v) is 22.8. The minimum atomic E-state index is -0.981. The Hall–Kier alpha value is -1.58. The van der Waals surface area contributed by atoms with Gasteiger partial charge in [-0.15, -0.1) is 0 Å². The zero-order valence-corrected chi connectivity index (χ0v) is 48.6. The fourth-order valence-electron chi connectivity index (χ4n) is 10.6. The van der Waals surface area contributed by atoms with Crippen LogP contribution in [0.25, 0.3) is 0 Å². The van der Waals surface area contributed by atoms with E-state index in [-0.39, 0.29) is 5.57 Å². The van der Waals surface area contributed by atoms with E-state index in [4.69, 9.17) is 10.2 Å². The van der Waals surface area contributed by atoms with Gasteiger partial charge >= 0.3 is 11.9 Å². The Labute approximate surface area is 446 Å². The third kappa shape index (κ3) is 72.7. The van der Waals surface area contributed by atoms with Crippen LogP contribution in [0.2, 0.25) is 0 Å². The first-order valence-electron chi connectivity index (χ1n) is 32.7. The first-order valence-corrected chi connectivity index (χ1v) is 32.7. The zero-order chi connectivity index (χ0) is 51.9. The molecule has 2 N–H and O–H groups in total. The van der Waals surface area contributed by atoms with Crippen LogP contribution in [0.3, 0.4) is 0 Å². The SMILES string of the molecule is C1CCCCCCCCC1.C1CCCCCCCCC1.C1CCCCCCCCC1.C1CCCCCCCCC1.C1CCCCCCCCC1.C1CCCCCCCCC1.C=C(C)C(=O)O.C=CC(=O)O. The molecule has 0 aromatic carbocycles. The number of hydrogen-bond donors (Lipinski definition) is 2. The Balaban J connectivity index is 0. The molecule has 6 aliphatic rings. The highest BCUT2D eigenvalue weighted by Gasteiger charge is 2.01. The number of carboxylic acid groups (broad SMARTS) is 2. The van der Waals surface area contributed by atoms with E-state index in [2.05, 4.69) is 13.2 Å². The maximum absolute atomic E-state index is 9.60. The van der Waals surface area contributed by atoms with Crippen molar-refractivity contribution in [2.45, 2.75) is 392 Å². The lowest BCUT2D eigenvalue weighted by atomic mass is 10.0. The van der Waals surface area contributed by atoms with Crippen molar-refractivity contribution in [3.05, 3.63) is 24.8 Å². The Bertz CT molecular complexity index is 669. The molecule has 0 amide bonds. The number of carboxylic acids is 2. The predicted molar refractivity (Wildman–Crippen MR) is 317 cm³/mol. The Morgan fingerprint density at radius 1 is 0.239 bits per heavy atom. The van der Waals surface area contributed by atoms with Crippen LogP contribution in [0, 0.1) is 0 Å². The Kier molecular flexibility index (Phi) is 66.9. The van der Waals surface area contributed by atoms with Crippen molar-refractivity contribution in [2.75, 3.05) is 0 Å². The minimum absolute atomic E-state index is 0.176. The van der Waals surface area contributed by atoms with Gasteiger partial charge in [-0.05, 0) is 6.92 Å². The summed E-state index contributed by atoms with van der Waals surface area (Å²) >= 11 is 0. The van der Waals surface area contributed by atoms with Crippen molar-refractivity contribution in [2.24, 2.45) is 0 Å². The summed E-state index contributed by atoms with van der Waals surface area (Å²) in [6.45, 7) is 7.56. The van der Waals surface area contributed by atoms with Crippen molar-refractivity contribution in [3.8, 4) is 0 Å². The average molecular weight is 1000 g/mol. The van der Waals surface area contributed by atoms with E-state index in [1.165, 1.54) is 392 Å². The van der Waals surface area contributed by atoms with Gasteiger partial charge in [0.05, 0.1) is 0 Å². The molecule has 0 bridgehead atoms. The molecule has 0 aliphatic heterocycles. The van der Waals surface area contributed by atoms with E-state index < -0.39 is 11.9 Å². The van der Waals surface area contributed by atoms with Gasteiger partial charge in [-0.25, -0.2) is 9.59 Å². The molecule has 0 heterocycles. The fourth-order valence-corrected chi connectivity index (χ4v) is 10.6. The summed E-state index contributed by atoms with van der Waals surface area (Å²) in [6, 6.07) is 0. The van der Waals surface area contributed by atoms with Crippen LogP contribution < -0.4 is 0 Å². The van der Waals surface area contributed by atoms with Crippen molar-refractivity contribution in [1.82, 2.24) is 0 Å². The molecular weight excluding hydrogens is 869 g/mol. The van der Waals surface area contributed by atoms with Gasteiger partial charge in [-0.1, -0.05) is 398 Å². The standard InChI is InChI=1S/6C10H20.C4H6O2.C3H4O2/c6*1-2-4-6-8-10-9-7-5-3-1;1-3(2)4(5)6;1-2-3(4)5/h6*1-10H2;1H2,2H3,(H,5,6);2H,1H2,(H,4,5). The third-order valence-corrected chi connectivity index (χ3v) is 15.5. The van der Waals surface area contributed by atoms with E-state index in [1.54, 1.807) is 0 Å². The molecule has 0 radical (unpaired) electrons. The van der Waals surface area contributed by atoms with Crippen molar-refractivity contribution in [1.29, 1.82) is 0 Å². The van der Waals surface area contributed by atoms with Gasteiger partial charge < -0.3 is 10.2 Å². The molecule has 0 unspecified atom stereocenters. The summed E-state index contributed by atoms with van der Waals surface area (Å²) in [6.07, 6.45) is 90.8. The number of rotatable bonds is 2. The third-order valence-electron chi connectivity index (χ3n) is 15.5. The molecule has 71 heavy (non-hydrogen) atoms. The van der Waals surface area contributed by atoms with E-state index in [1.807, 2.05) is 0 Å². The minimum Gasteiger partial charge on any atom is -0.478 e. The Morgan fingerprint density at radius 2 is 0.282 bits per heavy atom. The lowest BCUT2D eigenvalue weighted by Gasteiger charge is -2.05. The lowest BCUT2D eigenvalue weighted by Crippen LogP contribution is -1.92. The first kappa shape index (κ1) is 71.5. The molecule has 422 valence electrons. The molecule has 0 atom stereocenters. The molecule has 6 fully saturated rings. The first-order chi connectivity index (χ1) is 34.9. The van der Waals surface area contributed by atoms with Gasteiger partial charge in [0.2, 0.25) is 0 Å². The summed E-state index contributed by atoms with van der Waals surface area (Å²) in [5, 5.41) is 15.5. The largest absolute Gasteiger partial charge is 0.478 e. The summed E-state index contributed by atoms with van der Waals surface area (Å²) in [7, 11) is 0. The van der Waals surface area contributed by atoms with Gasteiger partial charge in [0.25, 0.3) is 0 Å². The number of hydrogen-bond acceptors (Lipinski definition) is 2. The molecule has 6 aliphatic carbocycles. The summed E-state index contributed by atoms with van der Waals surface area (Å²) < 4.78 is 0. The molecule has 6 saturated carbocycles. The van der Waals surface area contributed by atoms with Crippen LogP contribution in [-0.2, 0) is 9.59 Å². The number of aliphatic carboxylic acids is 2. The quantitative estimate of drug-likeness (QED) is 0.270. The van der Waals surface area contributed by atoms with Crippen LogP contribution >= 0.6 is 0 Å². The molecule has 0 aromatic rings. The smallest absolute Gasteiger partial charge is 0.330 e. The topological polar surface area (TPSA) is 74.6 Å². The number of carbonyl (C=O) groups is 2. The molecule has 0 aromatic heterocycles. The van der Waals surface area contributed by atoms with E-state index in [0.29, 0.717) is 0 Å². The summed E-state index contributed by atoms with van der Waals surface area (Å²) in [4.78, 5) is 18.8. The summed E-state index contributed by atoms with van der Waals surface area (Å²) in [5.41, 5.74) is 0.176. The molecule has 6 rings (SSSR count). The van der Waals surface area contributed by atoms with Gasteiger partial charge in [0.1, 0.15) is 0 Å². The predicted octanol–water partition coefficient (Wildman–Crippen LogP) is 24.3. The van der Waals surface area contributed by atoms with Crippen LogP contribution in [0.5, 0.6) is 0 Å². The van der Waals surface area contributed by atoms with Crippen LogP contribution in [0.1, 0.15) is 392 Å². The Morgan fingerprint density at radius 3 is 0.296 bits per heavy atom. The van der Waals surface area contributed by atoms with E-state index >= 15 is 0 Å². The van der Waals surface area contributed by atoms with Crippen LogP contribution in [0.15, 0.2) is 24.8 Å². The van der Waals surface area contributed by atoms with Crippen molar-refractivity contribution >= 4 is 11.9 Å². The molecule has 0 saturated heterocycles. The zero-order valence-electron chi connectivity index (χ0n) is 48.6. The normalized spacial score (nSPS) is 21.4. The summed E-state index contributed by atoms with van der Waals surface area (Å²) in [5.74, 6) is -1.92. The second-order valence-electron chi connectivity index (χ2n) is 22.8. The highest BCUT2D eigenvalue weighted by molar-refractivity contribution is 5.84. The fraction of sp³-hybridized carbons (Fsp3) is 0.910. The molecule has 4 nitrogen and oxygen atoms in total. The molecule has 4 heteroatoms. The van der Waals surface area contributed by atoms with Crippen LogP contribution in [-0.4, -0.2) is 22.2 Å². The van der Waals surface area contributed by atoms with Gasteiger partial charge in [0.15, 0.2) is 0 Å². The second kappa shape index (κ2) is 66.4. The van der Waals surface area contributed by atoms with E-state index in [0.717, 1.165) is 6.08 Å². The van der Waals surface area contributed by atoms with Crippen molar-refractivity contribution in [3.63, 3.8) is 0 Å². The van der Waals surface area contributed by atoms with Crippen molar-refractivity contribution < 1.29 is 19.8 Å². The van der Waals surface area contributed by atoms with Crippen LogP contribution in [0.4, 0.5) is 0 Å². The maximum atomic E-state index is 9.60. The maximum Gasteiger partial charge on any atom is 0.330 e. The van der Waals surface area contributed by atoms with Gasteiger partial charge in [-0.2, -0.15) is 0 Å². The highest BCUT2D eigenvalue weighted by atomic mass is 16.4. The molecular formula is C67H130O4. The average Bonchev–Trinajstić information content (AvgIpc) is 3.41.